The molecule has 0 aliphatic rings. The van der Waals surface area contributed by atoms with Crippen molar-refractivity contribution in [1.29, 1.82) is 0 Å². The summed E-state index contributed by atoms with van der Waals surface area (Å²) >= 11 is 0. The lowest BCUT2D eigenvalue weighted by Crippen LogP contribution is -2.05. The Morgan fingerprint density at radius 2 is 1.95 bits per heavy atom. The molecule has 1 aromatic heterocycles. The highest BCUT2D eigenvalue weighted by Gasteiger charge is 2.06. The third kappa shape index (κ3) is 3.28. The van der Waals surface area contributed by atoms with E-state index in [9.17, 15) is 0 Å². The normalized spacial score (nSPS) is 10.2. The van der Waals surface area contributed by atoms with E-state index >= 15 is 0 Å². The standard InChI is InChI=1S/C14H18N4O2/c1-9-17-13(7-14(18-9)20-3)16-8-10-6-11(15)4-5-12(10)19-2/h4-7H,8,15H2,1-3H3,(H,16,17,18). The zero-order chi connectivity index (χ0) is 14.5. The second-order valence-electron chi connectivity index (χ2n) is 4.27. The Bertz CT molecular complexity index is 602. The largest absolute Gasteiger partial charge is 0.496 e. The third-order valence-electron chi connectivity index (χ3n) is 2.79. The minimum atomic E-state index is 0.527. The smallest absolute Gasteiger partial charge is 0.218 e. The first-order valence-corrected chi connectivity index (χ1v) is 6.18. The van der Waals surface area contributed by atoms with E-state index in [2.05, 4.69) is 15.3 Å². The number of ether oxygens (including phenoxy) is 2. The summed E-state index contributed by atoms with van der Waals surface area (Å²) in [6, 6.07) is 7.27. The summed E-state index contributed by atoms with van der Waals surface area (Å²) in [7, 11) is 3.21. The van der Waals surface area contributed by atoms with Crippen molar-refractivity contribution in [3.8, 4) is 11.6 Å². The first kappa shape index (κ1) is 13.9. The Morgan fingerprint density at radius 1 is 1.15 bits per heavy atom. The van der Waals surface area contributed by atoms with Crippen molar-refractivity contribution in [3.05, 3.63) is 35.7 Å². The molecule has 20 heavy (non-hydrogen) atoms. The van der Waals surface area contributed by atoms with E-state index in [1.807, 2.05) is 19.1 Å². The molecule has 2 aromatic rings. The van der Waals surface area contributed by atoms with Crippen LogP contribution in [0.5, 0.6) is 11.6 Å². The summed E-state index contributed by atoms with van der Waals surface area (Å²) < 4.78 is 10.4. The van der Waals surface area contributed by atoms with Gasteiger partial charge >= 0.3 is 0 Å². The van der Waals surface area contributed by atoms with Crippen LogP contribution in [0.15, 0.2) is 24.3 Å². The van der Waals surface area contributed by atoms with Crippen LogP contribution in [0.2, 0.25) is 0 Å². The molecule has 1 heterocycles. The number of aryl methyl sites for hydroxylation is 1. The molecule has 1 aromatic carbocycles. The molecule has 6 heteroatoms. The molecule has 2 rings (SSSR count). The van der Waals surface area contributed by atoms with E-state index in [0.29, 0.717) is 29.8 Å². The number of rotatable bonds is 5. The lowest BCUT2D eigenvalue weighted by Gasteiger charge is -2.11. The molecule has 106 valence electrons. The Balaban J connectivity index is 2.16. The van der Waals surface area contributed by atoms with Crippen LogP contribution in [0.4, 0.5) is 11.5 Å². The first-order valence-electron chi connectivity index (χ1n) is 6.18. The van der Waals surface area contributed by atoms with Crippen molar-refractivity contribution < 1.29 is 9.47 Å². The van der Waals surface area contributed by atoms with Gasteiger partial charge in [0, 0.05) is 23.9 Å². The summed E-state index contributed by atoms with van der Waals surface area (Å²) in [6.07, 6.45) is 0. The monoisotopic (exact) mass is 274 g/mol. The number of nitrogens with two attached hydrogens (primary N) is 1. The number of methoxy groups -OCH3 is 2. The van der Waals surface area contributed by atoms with Gasteiger partial charge in [-0.15, -0.1) is 0 Å². The van der Waals surface area contributed by atoms with E-state index in [1.54, 1.807) is 26.4 Å². The van der Waals surface area contributed by atoms with E-state index in [0.717, 1.165) is 11.3 Å². The molecule has 0 radical (unpaired) electrons. The lowest BCUT2D eigenvalue weighted by molar-refractivity contribution is 0.396. The summed E-state index contributed by atoms with van der Waals surface area (Å²) in [4.78, 5) is 8.44. The number of nitrogens with one attached hydrogen (secondary N) is 1. The molecule has 0 bridgehead atoms. The maximum absolute atomic E-state index is 5.79. The summed E-state index contributed by atoms with van der Waals surface area (Å²) in [5.41, 5.74) is 7.45. The van der Waals surface area contributed by atoms with E-state index < -0.39 is 0 Å². The minimum absolute atomic E-state index is 0.527. The molecular weight excluding hydrogens is 256 g/mol. The second-order valence-corrected chi connectivity index (χ2v) is 4.27. The van der Waals surface area contributed by atoms with Crippen LogP contribution in [0.3, 0.4) is 0 Å². The molecule has 0 spiro atoms. The van der Waals surface area contributed by atoms with Crippen LogP contribution < -0.4 is 20.5 Å². The van der Waals surface area contributed by atoms with Crippen molar-refractivity contribution in [1.82, 2.24) is 9.97 Å². The van der Waals surface area contributed by atoms with Gasteiger partial charge in [-0.3, -0.25) is 0 Å². The Labute approximate surface area is 118 Å². The number of benzene rings is 1. The predicted octanol–water partition coefficient (Wildman–Crippen LogP) is 2.00. The van der Waals surface area contributed by atoms with Gasteiger partial charge in [0.25, 0.3) is 0 Å². The molecule has 0 aliphatic heterocycles. The molecule has 0 saturated heterocycles. The van der Waals surface area contributed by atoms with Gasteiger partial charge < -0.3 is 20.5 Å². The molecule has 0 aliphatic carbocycles. The zero-order valence-corrected chi connectivity index (χ0v) is 11.8. The number of aromatic nitrogens is 2. The van der Waals surface area contributed by atoms with Gasteiger partial charge in [-0.2, -0.15) is 4.98 Å². The second kappa shape index (κ2) is 6.10. The van der Waals surface area contributed by atoms with Crippen LogP contribution in [0.25, 0.3) is 0 Å². The average molecular weight is 274 g/mol. The van der Waals surface area contributed by atoms with Crippen molar-refractivity contribution in [3.63, 3.8) is 0 Å². The SMILES string of the molecule is COc1cc(NCc2cc(N)ccc2OC)nc(C)n1. The third-order valence-corrected chi connectivity index (χ3v) is 2.79. The van der Waals surface area contributed by atoms with Crippen LogP contribution in [-0.4, -0.2) is 24.2 Å². The van der Waals surface area contributed by atoms with E-state index in [1.165, 1.54) is 0 Å². The summed E-state index contributed by atoms with van der Waals surface area (Å²) in [5, 5.41) is 3.21. The Kier molecular flexibility index (Phi) is 4.24. The van der Waals surface area contributed by atoms with Crippen LogP contribution in [-0.2, 0) is 6.54 Å². The number of hydrogen-bond acceptors (Lipinski definition) is 6. The van der Waals surface area contributed by atoms with E-state index in [-0.39, 0.29) is 0 Å². The molecule has 0 fully saturated rings. The molecule has 0 amide bonds. The van der Waals surface area contributed by atoms with Gasteiger partial charge in [-0.05, 0) is 25.1 Å². The first-order chi connectivity index (χ1) is 9.62. The van der Waals surface area contributed by atoms with E-state index in [4.69, 9.17) is 15.2 Å². The number of nitrogen functional groups attached to an aromatic ring is 1. The van der Waals surface area contributed by atoms with Crippen LogP contribution >= 0.6 is 0 Å². The summed E-state index contributed by atoms with van der Waals surface area (Å²) in [5.74, 6) is 2.65. The fourth-order valence-corrected chi connectivity index (χ4v) is 1.86. The molecule has 0 atom stereocenters. The molecule has 0 unspecified atom stereocenters. The van der Waals surface area contributed by atoms with Crippen LogP contribution in [0, 0.1) is 6.92 Å². The predicted molar refractivity (Wildman–Crippen MR) is 78.1 cm³/mol. The highest BCUT2D eigenvalue weighted by Crippen LogP contribution is 2.22. The highest BCUT2D eigenvalue weighted by atomic mass is 16.5. The van der Waals surface area contributed by atoms with Gasteiger partial charge in [-0.1, -0.05) is 0 Å². The topological polar surface area (TPSA) is 82.3 Å². The maximum atomic E-state index is 5.79. The fraction of sp³-hybridized carbons (Fsp3) is 0.286. The quantitative estimate of drug-likeness (QED) is 0.811. The van der Waals surface area contributed by atoms with Gasteiger partial charge in [-0.25, -0.2) is 4.98 Å². The van der Waals surface area contributed by atoms with Crippen LogP contribution in [0.1, 0.15) is 11.4 Å². The lowest BCUT2D eigenvalue weighted by atomic mass is 10.2. The van der Waals surface area contributed by atoms with Crippen molar-refractivity contribution in [2.75, 3.05) is 25.3 Å². The average Bonchev–Trinajstić information content (AvgIpc) is 2.44. The Hall–Kier alpha value is -2.50. The fourth-order valence-electron chi connectivity index (χ4n) is 1.86. The molecule has 0 saturated carbocycles. The van der Waals surface area contributed by atoms with Crippen molar-refractivity contribution >= 4 is 11.5 Å². The zero-order valence-electron chi connectivity index (χ0n) is 11.8. The Morgan fingerprint density at radius 3 is 2.65 bits per heavy atom. The summed E-state index contributed by atoms with van der Waals surface area (Å²) in [6.45, 7) is 2.36. The van der Waals surface area contributed by atoms with Gasteiger partial charge in [0.05, 0.1) is 14.2 Å². The van der Waals surface area contributed by atoms with Gasteiger partial charge in [0.2, 0.25) is 5.88 Å². The number of anilines is 2. The molecular formula is C14H18N4O2. The van der Waals surface area contributed by atoms with Gasteiger partial charge in [0.15, 0.2) is 0 Å². The number of nitrogens with zero attached hydrogens (tertiary/aromatic N) is 2. The minimum Gasteiger partial charge on any atom is -0.496 e. The number of hydrogen-bond donors (Lipinski definition) is 2. The van der Waals surface area contributed by atoms with Crippen molar-refractivity contribution in [2.24, 2.45) is 0 Å². The molecule has 3 N–H and O–H groups in total. The van der Waals surface area contributed by atoms with Gasteiger partial charge in [0.1, 0.15) is 17.4 Å². The van der Waals surface area contributed by atoms with Crippen molar-refractivity contribution in [2.45, 2.75) is 13.5 Å². The highest BCUT2D eigenvalue weighted by molar-refractivity contribution is 5.49. The molecule has 6 nitrogen and oxygen atoms in total. The maximum Gasteiger partial charge on any atom is 0.218 e.